The third kappa shape index (κ3) is 3.71. The second-order valence-corrected chi connectivity index (χ2v) is 6.01. The van der Waals surface area contributed by atoms with E-state index in [0.717, 1.165) is 31.1 Å². The van der Waals surface area contributed by atoms with Crippen LogP contribution in [0.5, 0.6) is 0 Å². The maximum Gasteiger partial charge on any atom is 0.271 e. The molecule has 0 bridgehead atoms. The Bertz CT molecular complexity index is 691. The number of nitrogens with one attached hydrogen (secondary N) is 1. The summed E-state index contributed by atoms with van der Waals surface area (Å²) in [5.74, 6) is 0.341. The molecule has 1 amide bonds. The van der Waals surface area contributed by atoms with Gasteiger partial charge in [-0.1, -0.05) is 11.6 Å². The average Bonchev–Trinajstić information content (AvgIpc) is 3.03. The summed E-state index contributed by atoms with van der Waals surface area (Å²) in [6.07, 6.45) is 4.08. The van der Waals surface area contributed by atoms with Crippen LogP contribution in [0, 0.1) is 5.92 Å². The Balaban J connectivity index is 1.58. The molecule has 6 nitrogen and oxygen atoms in total. The lowest BCUT2D eigenvalue weighted by Gasteiger charge is -2.19. The number of carbonyl (C=O) groups excluding carboxylic acids is 1. The molecule has 3 N–H and O–H groups in total. The number of benzene rings is 1. The number of nitrogens with two attached hydrogens (primary N) is 1. The van der Waals surface area contributed by atoms with Gasteiger partial charge in [-0.3, -0.25) is 4.79 Å². The summed E-state index contributed by atoms with van der Waals surface area (Å²) < 4.78 is 0. The number of rotatable bonds is 5. The summed E-state index contributed by atoms with van der Waals surface area (Å²) in [7, 11) is 0. The molecular weight excluding hydrogens is 314 g/mol. The molecule has 1 unspecified atom stereocenters. The fraction of sp³-hybridized carbons (Fsp3) is 0.312. The van der Waals surface area contributed by atoms with E-state index in [1.807, 2.05) is 24.3 Å². The molecule has 1 atom stereocenters. The Morgan fingerprint density at radius 1 is 1.30 bits per heavy atom. The van der Waals surface area contributed by atoms with Crippen molar-refractivity contribution >= 4 is 29.0 Å². The number of halogens is 1. The van der Waals surface area contributed by atoms with Crippen LogP contribution >= 0.6 is 11.6 Å². The highest BCUT2D eigenvalue weighted by atomic mass is 35.5. The summed E-state index contributed by atoms with van der Waals surface area (Å²) in [5, 5.41) is 3.94. The van der Waals surface area contributed by atoms with Crippen LogP contribution in [0.25, 0.3) is 0 Å². The molecule has 1 aliphatic rings. The molecule has 0 spiro atoms. The lowest BCUT2D eigenvalue weighted by atomic mass is 10.1. The predicted molar refractivity (Wildman–Crippen MR) is 90.8 cm³/mol. The van der Waals surface area contributed by atoms with Crippen LogP contribution in [0.4, 0.5) is 11.5 Å². The zero-order valence-corrected chi connectivity index (χ0v) is 13.3. The fourth-order valence-corrected chi connectivity index (χ4v) is 2.90. The van der Waals surface area contributed by atoms with Crippen molar-refractivity contribution in [1.29, 1.82) is 0 Å². The first-order valence-corrected chi connectivity index (χ1v) is 7.86. The van der Waals surface area contributed by atoms with E-state index in [4.69, 9.17) is 17.3 Å². The second-order valence-electron chi connectivity index (χ2n) is 5.58. The van der Waals surface area contributed by atoms with Gasteiger partial charge in [0.2, 0.25) is 0 Å². The Hall–Kier alpha value is -2.34. The first-order chi connectivity index (χ1) is 11.1. The van der Waals surface area contributed by atoms with Crippen LogP contribution in [-0.4, -0.2) is 35.5 Å². The van der Waals surface area contributed by atoms with E-state index in [9.17, 15) is 4.79 Å². The number of hydrogen-bond acceptors (Lipinski definition) is 5. The zero-order valence-electron chi connectivity index (χ0n) is 12.6. The molecule has 7 heteroatoms. The summed E-state index contributed by atoms with van der Waals surface area (Å²) in [5.41, 5.74) is 6.66. The van der Waals surface area contributed by atoms with E-state index in [2.05, 4.69) is 20.2 Å². The van der Waals surface area contributed by atoms with Crippen LogP contribution in [-0.2, 0) is 0 Å². The maximum atomic E-state index is 11.3. The van der Waals surface area contributed by atoms with Crippen molar-refractivity contribution in [3.05, 3.63) is 47.4 Å². The van der Waals surface area contributed by atoms with Crippen molar-refractivity contribution < 1.29 is 4.79 Å². The zero-order chi connectivity index (χ0) is 16.2. The molecule has 0 aliphatic carbocycles. The molecule has 2 heterocycles. The molecule has 23 heavy (non-hydrogen) atoms. The third-order valence-corrected chi connectivity index (χ3v) is 4.22. The van der Waals surface area contributed by atoms with E-state index in [-0.39, 0.29) is 5.69 Å². The smallest absolute Gasteiger partial charge is 0.271 e. The molecule has 0 radical (unpaired) electrons. The van der Waals surface area contributed by atoms with Gasteiger partial charge in [-0.15, -0.1) is 0 Å². The van der Waals surface area contributed by atoms with Gasteiger partial charge in [-0.25, -0.2) is 9.97 Å². The highest BCUT2D eigenvalue weighted by molar-refractivity contribution is 6.30. The normalized spacial score (nSPS) is 17.3. The summed E-state index contributed by atoms with van der Waals surface area (Å²) in [6.45, 7) is 2.67. The lowest BCUT2D eigenvalue weighted by Crippen LogP contribution is -2.24. The quantitative estimate of drug-likeness (QED) is 0.877. The predicted octanol–water partition coefficient (Wildman–Crippen LogP) is 2.17. The van der Waals surface area contributed by atoms with Crippen LogP contribution < -0.4 is 16.0 Å². The van der Waals surface area contributed by atoms with Gasteiger partial charge in [0.15, 0.2) is 11.5 Å². The van der Waals surface area contributed by atoms with Crippen LogP contribution in [0.15, 0.2) is 36.7 Å². The highest BCUT2D eigenvalue weighted by Gasteiger charge is 2.23. The van der Waals surface area contributed by atoms with Crippen molar-refractivity contribution in [2.24, 2.45) is 11.7 Å². The third-order valence-electron chi connectivity index (χ3n) is 3.97. The number of amides is 1. The molecule has 0 saturated carbocycles. The highest BCUT2D eigenvalue weighted by Crippen LogP contribution is 2.25. The average molecular weight is 332 g/mol. The number of aromatic nitrogens is 2. The minimum atomic E-state index is -0.574. The molecule has 1 aromatic carbocycles. The molecule has 2 aromatic rings. The van der Waals surface area contributed by atoms with E-state index in [1.54, 1.807) is 6.20 Å². The monoisotopic (exact) mass is 331 g/mol. The van der Waals surface area contributed by atoms with Gasteiger partial charge in [0.05, 0.1) is 0 Å². The van der Waals surface area contributed by atoms with Gasteiger partial charge in [0.1, 0.15) is 0 Å². The minimum Gasteiger partial charge on any atom is -0.371 e. The van der Waals surface area contributed by atoms with Crippen molar-refractivity contribution in [1.82, 2.24) is 9.97 Å². The summed E-state index contributed by atoms with van der Waals surface area (Å²) >= 11 is 5.93. The fourth-order valence-electron chi connectivity index (χ4n) is 2.77. The minimum absolute atomic E-state index is 0.181. The maximum absolute atomic E-state index is 11.3. The number of primary amides is 1. The molecule has 1 saturated heterocycles. The first-order valence-electron chi connectivity index (χ1n) is 7.48. The largest absolute Gasteiger partial charge is 0.371 e. The van der Waals surface area contributed by atoms with Gasteiger partial charge in [0.25, 0.3) is 5.91 Å². The van der Waals surface area contributed by atoms with Gasteiger partial charge in [0, 0.05) is 42.7 Å². The number of carbonyl (C=O) groups is 1. The number of anilines is 2. The van der Waals surface area contributed by atoms with Gasteiger partial charge in [-0.2, -0.15) is 0 Å². The van der Waals surface area contributed by atoms with Crippen molar-refractivity contribution in [2.75, 3.05) is 29.9 Å². The van der Waals surface area contributed by atoms with E-state index in [0.29, 0.717) is 11.7 Å². The number of hydrogen-bond donors (Lipinski definition) is 2. The van der Waals surface area contributed by atoms with Crippen LogP contribution in [0.3, 0.4) is 0 Å². The van der Waals surface area contributed by atoms with E-state index < -0.39 is 5.91 Å². The molecule has 3 rings (SSSR count). The van der Waals surface area contributed by atoms with Gasteiger partial charge in [-0.05, 0) is 36.6 Å². The Kier molecular flexibility index (Phi) is 4.62. The van der Waals surface area contributed by atoms with E-state index >= 15 is 0 Å². The lowest BCUT2D eigenvalue weighted by molar-refractivity contribution is 0.0996. The Morgan fingerprint density at radius 3 is 2.78 bits per heavy atom. The number of nitrogens with zero attached hydrogens (tertiary/aromatic N) is 3. The second kappa shape index (κ2) is 6.83. The standard InChI is InChI=1S/C16H18ClN5O/c17-12-1-3-13(4-2-12)22-8-5-11(10-22)9-21-16-14(15(18)23)19-6-7-20-16/h1-4,6-7,11H,5,8-10H2,(H2,18,23)(H,20,21). The van der Waals surface area contributed by atoms with Crippen LogP contribution in [0.2, 0.25) is 5.02 Å². The Morgan fingerprint density at radius 2 is 2.04 bits per heavy atom. The SMILES string of the molecule is NC(=O)c1nccnc1NCC1CCN(c2ccc(Cl)cc2)C1. The van der Waals surface area contributed by atoms with Gasteiger partial charge < -0.3 is 16.0 Å². The first kappa shape index (κ1) is 15.6. The van der Waals surface area contributed by atoms with Crippen molar-refractivity contribution in [3.8, 4) is 0 Å². The topological polar surface area (TPSA) is 84.1 Å². The van der Waals surface area contributed by atoms with E-state index in [1.165, 1.54) is 11.9 Å². The molecule has 1 fully saturated rings. The summed E-state index contributed by atoms with van der Waals surface area (Å²) in [4.78, 5) is 21.8. The molecule has 1 aliphatic heterocycles. The Labute approximate surface area is 139 Å². The van der Waals surface area contributed by atoms with Crippen molar-refractivity contribution in [3.63, 3.8) is 0 Å². The molecule has 1 aromatic heterocycles. The van der Waals surface area contributed by atoms with Gasteiger partial charge >= 0.3 is 0 Å². The molecule has 120 valence electrons. The van der Waals surface area contributed by atoms with Crippen LogP contribution in [0.1, 0.15) is 16.9 Å². The summed E-state index contributed by atoms with van der Waals surface area (Å²) in [6, 6.07) is 7.88. The molecular formula is C16H18ClN5O. The van der Waals surface area contributed by atoms with Crippen molar-refractivity contribution in [2.45, 2.75) is 6.42 Å².